The molecule has 0 unspecified atom stereocenters. The standard InChI is InChI=1S/C19H20FN5/c1-11-7-12(2)9-14(8-11)10-15-5-4-6-16(20)17(15)24-19-23-13(3)22-18(21)25-19/h4-9H,10H2,1-3H3,(H3,21,22,23,24,25). The Morgan fingerprint density at radius 2 is 1.72 bits per heavy atom. The van der Waals surface area contributed by atoms with Crippen LogP contribution in [0.1, 0.15) is 28.1 Å². The van der Waals surface area contributed by atoms with E-state index in [1.807, 2.05) is 6.07 Å². The number of rotatable bonds is 4. The number of nitrogens with two attached hydrogens (primary N) is 1. The van der Waals surface area contributed by atoms with Crippen molar-refractivity contribution in [2.75, 3.05) is 11.1 Å². The van der Waals surface area contributed by atoms with Crippen molar-refractivity contribution in [1.29, 1.82) is 0 Å². The molecule has 5 nitrogen and oxygen atoms in total. The molecule has 0 saturated heterocycles. The van der Waals surface area contributed by atoms with E-state index in [1.54, 1.807) is 13.0 Å². The largest absolute Gasteiger partial charge is 0.368 e. The summed E-state index contributed by atoms with van der Waals surface area (Å²) in [5.41, 5.74) is 10.3. The van der Waals surface area contributed by atoms with E-state index in [-0.39, 0.29) is 17.7 Å². The minimum absolute atomic E-state index is 0.0993. The van der Waals surface area contributed by atoms with E-state index in [1.165, 1.54) is 17.2 Å². The van der Waals surface area contributed by atoms with Gasteiger partial charge in [0.05, 0.1) is 5.69 Å². The predicted octanol–water partition coefficient (Wildman–Crippen LogP) is 3.85. The van der Waals surface area contributed by atoms with E-state index in [9.17, 15) is 4.39 Å². The molecule has 1 heterocycles. The molecule has 0 saturated carbocycles. The monoisotopic (exact) mass is 337 g/mol. The lowest BCUT2D eigenvalue weighted by Crippen LogP contribution is -2.07. The molecule has 3 rings (SSSR count). The Morgan fingerprint density at radius 3 is 2.40 bits per heavy atom. The highest BCUT2D eigenvalue weighted by Crippen LogP contribution is 2.26. The first-order valence-corrected chi connectivity index (χ1v) is 8.00. The molecule has 0 aliphatic heterocycles. The first-order valence-electron chi connectivity index (χ1n) is 8.00. The summed E-state index contributed by atoms with van der Waals surface area (Å²) in [5, 5.41) is 2.95. The van der Waals surface area contributed by atoms with Crippen molar-refractivity contribution < 1.29 is 4.39 Å². The van der Waals surface area contributed by atoms with Crippen LogP contribution < -0.4 is 11.1 Å². The average molecular weight is 337 g/mol. The molecular formula is C19H20FN5. The summed E-state index contributed by atoms with van der Waals surface area (Å²) in [5.74, 6) is 0.444. The molecule has 6 heteroatoms. The van der Waals surface area contributed by atoms with Crippen molar-refractivity contribution in [2.24, 2.45) is 0 Å². The zero-order valence-corrected chi connectivity index (χ0v) is 14.5. The van der Waals surface area contributed by atoms with E-state index in [2.05, 4.69) is 52.3 Å². The summed E-state index contributed by atoms with van der Waals surface area (Å²) in [7, 11) is 0. The second-order valence-electron chi connectivity index (χ2n) is 6.14. The maximum atomic E-state index is 14.4. The van der Waals surface area contributed by atoms with Gasteiger partial charge in [-0.05, 0) is 44.4 Å². The molecule has 128 valence electrons. The van der Waals surface area contributed by atoms with Crippen LogP contribution >= 0.6 is 0 Å². The van der Waals surface area contributed by atoms with Crippen LogP contribution in [0.4, 0.5) is 22.0 Å². The quantitative estimate of drug-likeness (QED) is 0.756. The topological polar surface area (TPSA) is 76.7 Å². The molecule has 3 aromatic rings. The van der Waals surface area contributed by atoms with Gasteiger partial charge in [-0.3, -0.25) is 0 Å². The number of nitrogens with zero attached hydrogens (tertiary/aromatic N) is 3. The molecule has 2 aromatic carbocycles. The number of aromatic nitrogens is 3. The van der Waals surface area contributed by atoms with Gasteiger partial charge in [0.15, 0.2) is 0 Å². The van der Waals surface area contributed by atoms with Gasteiger partial charge < -0.3 is 11.1 Å². The number of nitrogen functional groups attached to an aromatic ring is 1. The summed E-state index contributed by atoms with van der Waals surface area (Å²) in [6.45, 7) is 5.82. The van der Waals surface area contributed by atoms with Crippen molar-refractivity contribution in [3.63, 3.8) is 0 Å². The van der Waals surface area contributed by atoms with Crippen molar-refractivity contribution in [1.82, 2.24) is 15.0 Å². The molecule has 1 aromatic heterocycles. The molecule has 0 bridgehead atoms. The normalized spacial score (nSPS) is 10.7. The van der Waals surface area contributed by atoms with Crippen molar-refractivity contribution in [3.05, 3.63) is 70.3 Å². The third-order valence-electron chi connectivity index (χ3n) is 3.78. The van der Waals surface area contributed by atoms with Gasteiger partial charge in [-0.25, -0.2) is 4.39 Å². The SMILES string of the molecule is Cc1cc(C)cc(Cc2cccc(F)c2Nc2nc(C)nc(N)n2)c1. The molecule has 25 heavy (non-hydrogen) atoms. The fourth-order valence-electron chi connectivity index (χ4n) is 2.92. The lowest BCUT2D eigenvalue weighted by molar-refractivity contribution is 0.630. The number of hydrogen-bond acceptors (Lipinski definition) is 5. The zero-order chi connectivity index (χ0) is 18.0. The summed E-state index contributed by atoms with van der Waals surface area (Å²) in [6.07, 6.45) is 0.599. The first-order chi connectivity index (χ1) is 11.9. The fourth-order valence-corrected chi connectivity index (χ4v) is 2.92. The van der Waals surface area contributed by atoms with Crippen LogP contribution in [0.3, 0.4) is 0 Å². The van der Waals surface area contributed by atoms with E-state index in [0.717, 1.165) is 11.1 Å². The van der Waals surface area contributed by atoms with Crippen LogP contribution in [0.5, 0.6) is 0 Å². The number of halogens is 1. The maximum Gasteiger partial charge on any atom is 0.232 e. The molecular weight excluding hydrogens is 317 g/mol. The Labute approximate surface area is 146 Å². The van der Waals surface area contributed by atoms with Crippen LogP contribution in [-0.4, -0.2) is 15.0 Å². The average Bonchev–Trinajstić information content (AvgIpc) is 2.49. The van der Waals surface area contributed by atoms with Crippen LogP contribution in [0.15, 0.2) is 36.4 Å². The molecule has 0 atom stereocenters. The van der Waals surface area contributed by atoms with Crippen LogP contribution in [0.25, 0.3) is 0 Å². The zero-order valence-electron chi connectivity index (χ0n) is 14.5. The van der Waals surface area contributed by atoms with Crippen molar-refractivity contribution in [2.45, 2.75) is 27.2 Å². The summed E-state index contributed by atoms with van der Waals surface area (Å²) < 4.78 is 14.4. The van der Waals surface area contributed by atoms with Crippen LogP contribution in [-0.2, 0) is 6.42 Å². The second-order valence-corrected chi connectivity index (χ2v) is 6.14. The second kappa shape index (κ2) is 6.84. The highest BCUT2D eigenvalue weighted by molar-refractivity contribution is 5.61. The number of anilines is 3. The van der Waals surface area contributed by atoms with Gasteiger partial charge in [0.25, 0.3) is 0 Å². The Hall–Kier alpha value is -3.02. The Kier molecular flexibility index (Phi) is 4.61. The van der Waals surface area contributed by atoms with Gasteiger partial charge in [0.2, 0.25) is 11.9 Å². The fraction of sp³-hybridized carbons (Fsp3) is 0.211. The van der Waals surface area contributed by atoms with Gasteiger partial charge in [-0.1, -0.05) is 41.5 Å². The highest BCUT2D eigenvalue weighted by atomic mass is 19.1. The lowest BCUT2D eigenvalue weighted by Gasteiger charge is -2.13. The molecule has 3 N–H and O–H groups in total. The predicted molar refractivity (Wildman–Crippen MR) is 97.4 cm³/mol. The summed E-state index contributed by atoms with van der Waals surface area (Å²) in [6, 6.07) is 11.3. The number of nitrogens with one attached hydrogen (secondary N) is 1. The number of hydrogen-bond donors (Lipinski definition) is 2. The minimum Gasteiger partial charge on any atom is -0.368 e. The van der Waals surface area contributed by atoms with E-state index in [4.69, 9.17) is 5.73 Å². The Balaban J connectivity index is 1.96. The van der Waals surface area contributed by atoms with Gasteiger partial charge in [-0.15, -0.1) is 0 Å². The molecule has 0 fully saturated rings. The third-order valence-corrected chi connectivity index (χ3v) is 3.78. The van der Waals surface area contributed by atoms with E-state index < -0.39 is 0 Å². The van der Waals surface area contributed by atoms with Gasteiger partial charge >= 0.3 is 0 Å². The van der Waals surface area contributed by atoms with E-state index in [0.29, 0.717) is 17.9 Å². The third kappa shape index (κ3) is 4.09. The molecule has 0 spiro atoms. The summed E-state index contributed by atoms with van der Waals surface area (Å²) in [4.78, 5) is 12.1. The first kappa shape index (κ1) is 16.8. The Bertz CT molecular complexity index is 883. The number of aryl methyl sites for hydroxylation is 3. The molecule has 0 aliphatic rings. The number of para-hydroxylation sites is 1. The summed E-state index contributed by atoms with van der Waals surface area (Å²) >= 11 is 0. The minimum atomic E-state index is -0.362. The molecule has 0 radical (unpaired) electrons. The molecule has 0 aliphatic carbocycles. The maximum absolute atomic E-state index is 14.4. The Morgan fingerprint density at radius 1 is 1.00 bits per heavy atom. The van der Waals surface area contributed by atoms with Crippen molar-refractivity contribution >= 4 is 17.6 Å². The van der Waals surface area contributed by atoms with Gasteiger partial charge in [0, 0.05) is 0 Å². The van der Waals surface area contributed by atoms with E-state index >= 15 is 0 Å². The van der Waals surface area contributed by atoms with Gasteiger partial charge in [-0.2, -0.15) is 15.0 Å². The van der Waals surface area contributed by atoms with Crippen LogP contribution in [0, 0.1) is 26.6 Å². The number of benzene rings is 2. The molecule has 0 amide bonds. The highest BCUT2D eigenvalue weighted by Gasteiger charge is 2.12. The smallest absolute Gasteiger partial charge is 0.232 e. The lowest BCUT2D eigenvalue weighted by atomic mass is 9.99. The van der Waals surface area contributed by atoms with Crippen molar-refractivity contribution in [3.8, 4) is 0 Å². The van der Waals surface area contributed by atoms with Crippen LogP contribution in [0.2, 0.25) is 0 Å². The van der Waals surface area contributed by atoms with Gasteiger partial charge in [0.1, 0.15) is 11.6 Å².